The zero-order chi connectivity index (χ0) is 13.7. The second-order valence-corrected chi connectivity index (χ2v) is 5.45. The number of nitrogens with one attached hydrogen (secondary N) is 1. The van der Waals surface area contributed by atoms with Gasteiger partial charge in [-0.05, 0) is 37.9 Å². The minimum atomic E-state index is 0.702. The fourth-order valence-electron chi connectivity index (χ4n) is 1.39. The minimum Gasteiger partial charge on any atom is -0.370 e. The van der Waals surface area contributed by atoms with Crippen LogP contribution in [0.1, 0.15) is 12.6 Å². The largest absolute Gasteiger partial charge is 0.370 e. The molecule has 7 heteroatoms. The lowest BCUT2D eigenvalue weighted by Crippen LogP contribution is -2.01. The van der Waals surface area contributed by atoms with E-state index in [1.54, 1.807) is 6.20 Å². The van der Waals surface area contributed by atoms with Crippen molar-refractivity contribution >= 4 is 29.3 Å². The van der Waals surface area contributed by atoms with Crippen molar-refractivity contribution in [3.05, 3.63) is 24.0 Å². The van der Waals surface area contributed by atoms with Crippen molar-refractivity contribution in [2.75, 3.05) is 18.1 Å². The molecule has 2 aromatic rings. The van der Waals surface area contributed by atoms with E-state index in [-0.39, 0.29) is 0 Å². The van der Waals surface area contributed by atoms with Gasteiger partial charge in [-0.25, -0.2) is 19.9 Å². The number of hydrogen-bond donors (Lipinski definition) is 1. The highest BCUT2D eigenvalue weighted by Crippen LogP contribution is 2.26. The Morgan fingerprint density at radius 2 is 2.05 bits per heavy atom. The van der Waals surface area contributed by atoms with Crippen LogP contribution < -0.4 is 5.32 Å². The maximum absolute atomic E-state index is 4.45. The normalized spacial score (nSPS) is 10.5. The first kappa shape index (κ1) is 14.1. The molecule has 100 valence electrons. The van der Waals surface area contributed by atoms with Gasteiger partial charge >= 0.3 is 0 Å². The first-order valence-electron chi connectivity index (χ1n) is 5.85. The molecule has 0 unspecified atom stereocenters. The van der Waals surface area contributed by atoms with Crippen LogP contribution in [-0.2, 0) is 0 Å². The van der Waals surface area contributed by atoms with Crippen molar-refractivity contribution < 1.29 is 0 Å². The molecular weight excluding hydrogens is 278 g/mol. The Labute approximate surface area is 121 Å². The molecule has 0 aromatic carbocycles. The van der Waals surface area contributed by atoms with Crippen LogP contribution in [0, 0.1) is 6.92 Å². The molecule has 0 aliphatic carbocycles. The Kier molecular flexibility index (Phi) is 4.98. The number of hydrogen-bond acceptors (Lipinski definition) is 7. The molecule has 0 atom stereocenters. The fraction of sp³-hybridized carbons (Fsp3) is 0.333. The van der Waals surface area contributed by atoms with E-state index in [0.29, 0.717) is 5.16 Å². The van der Waals surface area contributed by atoms with Crippen LogP contribution in [0.3, 0.4) is 0 Å². The zero-order valence-electron chi connectivity index (χ0n) is 11.0. The molecule has 0 saturated heterocycles. The SMILES string of the molecule is CCNc1cc(Sc2nccc(C)n2)nc(SC)n1. The average Bonchev–Trinajstić information content (AvgIpc) is 2.39. The molecule has 0 spiro atoms. The van der Waals surface area contributed by atoms with Gasteiger partial charge in [0.2, 0.25) is 0 Å². The summed E-state index contributed by atoms with van der Waals surface area (Å²) in [6.07, 6.45) is 3.72. The van der Waals surface area contributed by atoms with Gasteiger partial charge in [-0.2, -0.15) is 0 Å². The lowest BCUT2D eigenvalue weighted by atomic mass is 10.5. The Balaban J connectivity index is 2.26. The number of aryl methyl sites for hydroxylation is 1. The summed E-state index contributed by atoms with van der Waals surface area (Å²) in [7, 11) is 0. The molecule has 2 heterocycles. The van der Waals surface area contributed by atoms with Gasteiger partial charge < -0.3 is 5.32 Å². The summed E-state index contributed by atoms with van der Waals surface area (Å²) >= 11 is 2.96. The van der Waals surface area contributed by atoms with Crippen LogP contribution in [0.5, 0.6) is 0 Å². The number of thioether (sulfide) groups is 1. The summed E-state index contributed by atoms with van der Waals surface area (Å²) < 4.78 is 0. The topological polar surface area (TPSA) is 63.6 Å². The third-order valence-electron chi connectivity index (χ3n) is 2.19. The third-order valence-corrected chi connectivity index (χ3v) is 3.54. The predicted molar refractivity (Wildman–Crippen MR) is 78.9 cm³/mol. The summed E-state index contributed by atoms with van der Waals surface area (Å²) in [4.78, 5) is 17.4. The second kappa shape index (κ2) is 6.72. The van der Waals surface area contributed by atoms with Gasteiger partial charge in [0.05, 0.1) is 0 Å². The molecule has 2 aromatic heterocycles. The molecule has 5 nitrogen and oxygen atoms in total. The quantitative estimate of drug-likeness (QED) is 0.516. The summed E-state index contributed by atoms with van der Waals surface area (Å²) in [5.41, 5.74) is 0.948. The fourth-order valence-corrected chi connectivity index (χ4v) is 2.62. The Morgan fingerprint density at radius 3 is 2.74 bits per heavy atom. The van der Waals surface area contributed by atoms with Crippen molar-refractivity contribution in [3.63, 3.8) is 0 Å². The highest BCUT2D eigenvalue weighted by molar-refractivity contribution is 7.99. The molecule has 2 rings (SSSR count). The van der Waals surface area contributed by atoms with E-state index in [0.717, 1.165) is 28.2 Å². The molecule has 0 radical (unpaired) electrons. The van der Waals surface area contributed by atoms with Gasteiger partial charge in [-0.3, -0.25) is 0 Å². The van der Waals surface area contributed by atoms with E-state index in [9.17, 15) is 0 Å². The summed E-state index contributed by atoms with van der Waals surface area (Å²) in [5.74, 6) is 0.831. The first-order chi connectivity index (χ1) is 9.21. The smallest absolute Gasteiger partial charge is 0.194 e. The van der Waals surface area contributed by atoms with Crippen LogP contribution in [0.4, 0.5) is 5.82 Å². The van der Waals surface area contributed by atoms with Gasteiger partial charge in [0, 0.05) is 24.5 Å². The van der Waals surface area contributed by atoms with Crippen molar-refractivity contribution in [2.45, 2.75) is 29.2 Å². The monoisotopic (exact) mass is 293 g/mol. The van der Waals surface area contributed by atoms with Gasteiger partial charge in [-0.15, -0.1) is 0 Å². The number of rotatable bonds is 5. The van der Waals surface area contributed by atoms with E-state index >= 15 is 0 Å². The molecule has 0 aliphatic rings. The number of aromatic nitrogens is 4. The highest BCUT2D eigenvalue weighted by Gasteiger charge is 2.07. The van der Waals surface area contributed by atoms with E-state index in [2.05, 4.69) is 25.3 Å². The van der Waals surface area contributed by atoms with E-state index in [4.69, 9.17) is 0 Å². The van der Waals surface area contributed by atoms with Crippen molar-refractivity contribution in [1.29, 1.82) is 0 Å². The Bertz CT molecular complexity index is 562. The first-order valence-corrected chi connectivity index (χ1v) is 7.90. The minimum absolute atomic E-state index is 0.702. The average molecular weight is 293 g/mol. The van der Waals surface area contributed by atoms with Gasteiger partial charge in [0.25, 0.3) is 0 Å². The number of nitrogens with zero attached hydrogens (tertiary/aromatic N) is 4. The molecule has 1 N–H and O–H groups in total. The van der Waals surface area contributed by atoms with Crippen LogP contribution in [0.25, 0.3) is 0 Å². The van der Waals surface area contributed by atoms with E-state index in [1.807, 2.05) is 32.2 Å². The van der Waals surface area contributed by atoms with Gasteiger partial charge in [0.1, 0.15) is 10.8 Å². The molecule has 0 aliphatic heterocycles. The molecule has 0 bridgehead atoms. The lowest BCUT2D eigenvalue weighted by Gasteiger charge is -2.06. The lowest BCUT2D eigenvalue weighted by molar-refractivity contribution is 0.879. The number of anilines is 1. The molecule has 0 saturated carbocycles. The molecular formula is C12H15N5S2. The molecule has 0 fully saturated rings. The van der Waals surface area contributed by atoms with Gasteiger partial charge in [-0.1, -0.05) is 11.8 Å². The molecule has 19 heavy (non-hydrogen) atoms. The van der Waals surface area contributed by atoms with Crippen LogP contribution in [0.2, 0.25) is 0 Å². The highest BCUT2D eigenvalue weighted by atomic mass is 32.2. The predicted octanol–water partition coefficient (Wildman–Crippen LogP) is 2.88. The van der Waals surface area contributed by atoms with Crippen LogP contribution >= 0.6 is 23.5 Å². The third kappa shape index (κ3) is 4.07. The Morgan fingerprint density at radius 1 is 1.21 bits per heavy atom. The second-order valence-electron chi connectivity index (χ2n) is 3.69. The van der Waals surface area contributed by atoms with E-state index in [1.165, 1.54) is 23.5 Å². The van der Waals surface area contributed by atoms with Crippen molar-refractivity contribution in [1.82, 2.24) is 19.9 Å². The summed E-state index contributed by atoms with van der Waals surface area (Å²) in [6, 6.07) is 3.79. The summed E-state index contributed by atoms with van der Waals surface area (Å²) in [5, 5.41) is 5.50. The van der Waals surface area contributed by atoms with Crippen molar-refractivity contribution in [2.24, 2.45) is 0 Å². The van der Waals surface area contributed by atoms with Gasteiger partial charge in [0.15, 0.2) is 10.3 Å². The molecule has 0 amide bonds. The maximum Gasteiger partial charge on any atom is 0.194 e. The summed E-state index contributed by atoms with van der Waals surface area (Å²) in [6.45, 7) is 4.82. The standard InChI is InChI=1S/C12H15N5S2/c1-4-13-9-7-10(17-12(16-9)18-3)19-11-14-6-5-8(2)15-11/h5-7H,4H2,1-3H3,(H,13,16,17). The van der Waals surface area contributed by atoms with Crippen LogP contribution in [0.15, 0.2) is 33.7 Å². The zero-order valence-corrected chi connectivity index (χ0v) is 12.7. The van der Waals surface area contributed by atoms with Crippen molar-refractivity contribution in [3.8, 4) is 0 Å². The maximum atomic E-state index is 4.45. The van der Waals surface area contributed by atoms with E-state index < -0.39 is 0 Å². The Hall–Kier alpha value is -1.34. The van der Waals surface area contributed by atoms with Crippen LogP contribution in [-0.4, -0.2) is 32.7 Å².